The highest BCUT2D eigenvalue weighted by molar-refractivity contribution is 5.83. The summed E-state index contributed by atoms with van der Waals surface area (Å²) < 4.78 is 12.7. The Hall–Kier alpha value is -1.20. The Morgan fingerprint density at radius 2 is 1.95 bits per heavy atom. The van der Waals surface area contributed by atoms with Crippen LogP contribution in [-0.2, 0) is 20.7 Å². The highest BCUT2D eigenvalue weighted by atomic mass is 16.7. The monoisotopic (exact) mass is 294 g/mol. The summed E-state index contributed by atoms with van der Waals surface area (Å²) in [5.74, 6) is -0.0624. The van der Waals surface area contributed by atoms with Crippen molar-refractivity contribution in [3.63, 3.8) is 0 Å². The molecule has 0 atom stereocenters. The zero-order valence-corrected chi connectivity index (χ0v) is 13.1. The molecule has 1 aromatic rings. The molecule has 5 nitrogen and oxygen atoms in total. The molecule has 1 aromatic heterocycles. The van der Waals surface area contributed by atoms with Gasteiger partial charge in [0.05, 0.1) is 18.2 Å². The SMILES string of the molecule is CCOC(OCC)C(=O)Cc1ccn(C2CCCCC2)n1. The Labute approximate surface area is 126 Å². The summed E-state index contributed by atoms with van der Waals surface area (Å²) in [5.41, 5.74) is 0.801. The number of ketones is 1. The molecular weight excluding hydrogens is 268 g/mol. The lowest BCUT2D eigenvalue weighted by Gasteiger charge is -2.21. The van der Waals surface area contributed by atoms with Gasteiger partial charge in [0.15, 0.2) is 5.78 Å². The fourth-order valence-corrected chi connectivity index (χ4v) is 2.82. The van der Waals surface area contributed by atoms with Gasteiger partial charge < -0.3 is 9.47 Å². The molecule has 0 bridgehead atoms. The maximum absolute atomic E-state index is 12.2. The molecule has 1 fully saturated rings. The standard InChI is InChI=1S/C16H26N2O3/c1-3-20-16(21-4-2)15(19)12-13-10-11-18(17-13)14-8-6-5-7-9-14/h10-11,14,16H,3-9,12H2,1-2H3. The second kappa shape index (κ2) is 8.29. The van der Waals surface area contributed by atoms with Gasteiger partial charge in [-0.3, -0.25) is 9.48 Å². The molecule has 21 heavy (non-hydrogen) atoms. The first-order valence-electron chi connectivity index (χ1n) is 8.04. The van der Waals surface area contributed by atoms with E-state index in [0.29, 0.717) is 19.3 Å². The van der Waals surface area contributed by atoms with Crippen molar-refractivity contribution in [3.05, 3.63) is 18.0 Å². The Kier molecular flexibility index (Phi) is 6.39. The summed E-state index contributed by atoms with van der Waals surface area (Å²) in [7, 11) is 0. The van der Waals surface area contributed by atoms with Gasteiger partial charge in [-0.1, -0.05) is 19.3 Å². The van der Waals surface area contributed by atoms with Crippen molar-refractivity contribution in [1.29, 1.82) is 0 Å². The van der Waals surface area contributed by atoms with E-state index in [-0.39, 0.29) is 12.2 Å². The van der Waals surface area contributed by atoms with E-state index in [1.54, 1.807) is 0 Å². The number of hydrogen-bond donors (Lipinski definition) is 0. The van der Waals surface area contributed by atoms with Gasteiger partial charge >= 0.3 is 0 Å². The molecule has 0 saturated heterocycles. The maximum atomic E-state index is 12.2. The largest absolute Gasteiger partial charge is 0.346 e. The van der Waals surface area contributed by atoms with Crippen LogP contribution in [0.25, 0.3) is 0 Å². The second-order valence-corrected chi connectivity index (χ2v) is 5.46. The van der Waals surface area contributed by atoms with Gasteiger partial charge in [-0.2, -0.15) is 5.10 Å². The normalized spacial score (nSPS) is 16.5. The molecule has 0 radical (unpaired) electrons. The molecule has 2 rings (SSSR count). The van der Waals surface area contributed by atoms with Crippen LogP contribution in [0.5, 0.6) is 0 Å². The van der Waals surface area contributed by atoms with Crippen molar-refractivity contribution in [1.82, 2.24) is 9.78 Å². The Morgan fingerprint density at radius 1 is 1.29 bits per heavy atom. The predicted octanol–water partition coefficient (Wildman–Crippen LogP) is 2.90. The van der Waals surface area contributed by atoms with Crippen LogP contribution in [0.4, 0.5) is 0 Å². The highest BCUT2D eigenvalue weighted by Crippen LogP contribution is 2.27. The fourth-order valence-electron chi connectivity index (χ4n) is 2.82. The smallest absolute Gasteiger partial charge is 0.218 e. The Bertz CT molecular complexity index is 432. The van der Waals surface area contributed by atoms with E-state index in [4.69, 9.17) is 9.47 Å². The molecule has 0 spiro atoms. The number of carbonyl (C=O) groups is 1. The van der Waals surface area contributed by atoms with E-state index in [1.807, 2.05) is 30.8 Å². The number of ether oxygens (including phenoxy) is 2. The van der Waals surface area contributed by atoms with Crippen molar-refractivity contribution < 1.29 is 14.3 Å². The van der Waals surface area contributed by atoms with Gasteiger partial charge in [0.1, 0.15) is 0 Å². The highest BCUT2D eigenvalue weighted by Gasteiger charge is 2.21. The summed E-state index contributed by atoms with van der Waals surface area (Å²) in [5, 5.41) is 4.56. The first-order valence-corrected chi connectivity index (χ1v) is 8.04. The van der Waals surface area contributed by atoms with Gasteiger partial charge in [0.25, 0.3) is 0 Å². The first-order chi connectivity index (χ1) is 10.2. The van der Waals surface area contributed by atoms with Crippen LogP contribution in [0.1, 0.15) is 57.7 Å². The summed E-state index contributed by atoms with van der Waals surface area (Å²) >= 11 is 0. The average molecular weight is 294 g/mol. The summed E-state index contributed by atoms with van der Waals surface area (Å²) in [6, 6.07) is 2.43. The fraction of sp³-hybridized carbons (Fsp3) is 0.750. The second-order valence-electron chi connectivity index (χ2n) is 5.46. The molecule has 0 N–H and O–H groups in total. The van der Waals surface area contributed by atoms with E-state index in [2.05, 4.69) is 5.10 Å². The molecule has 5 heteroatoms. The van der Waals surface area contributed by atoms with Crippen molar-refractivity contribution in [3.8, 4) is 0 Å². The number of carbonyl (C=O) groups excluding carboxylic acids is 1. The van der Waals surface area contributed by atoms with Crippen LogP contribution in [0.2, 0.25) is 0 Å². The van der Waals surface area contributed by atoms with Crippen LogP contribution >= 0.6 is 0 Å². The van der Waals surface area contributed by atoms with Crippen molar-refractivity contribution in [2.24, 2.45) is 0 Å². The van der Waals surface area contributed by atoms with Crippen LogP contribution in [0.15, 0.2) is 12.3 Å². The average Bonchev–Trinajstić information content (AvgIpc) is 2.96. The zero-order valence-electron chi connectivity index (χ0n) is 13.1. The van der Waals surface area contributed by atoms with Crippen LogP contribution in [-0.4, -0.2) is 35.1 Å². The van der Waals surface area contributed by atoms with Crippen LogP contribution in [0, 0.1) is 0 Å². The zero-order chi connectivity index (χ0) is 15.1. The van der Waals surface area contributed by atoms with Gasteiger partial charge in [-0.15, -0.1) is 0 Å². The van der Waals surface area contributed by atoms with Gasteiger partial charge in [0, 0.05) is 19.4 Å². The van der Waals surface area contributed by atoms with Crippen molar-refractivity contribution in [2.45, 2.75) is 64.7 Å². The van der Waals surface area contributed by atoms with Crippen molar-refractivity contribution in [2.75, 3.05) is 13.2 Å². The third-order valence-electron chi connectivity index (χ3n) is 3.87. The first kappa shape index (κ1) is 16.2. The minimum Gasteiger partial charge on any atom is -0.346 e. The predicted molar refractivity (Wildman–Crippen MR) is 80.1 cm³/mol. The third kappa shape index (κ3) is 4.64. The molecule has 1 saturated carbocycles. The van der Waals surface area contributed by atoms with Crippen LogP contribution in [0.3, 0.4) is 0 Å². The number of hydrogen-bond acceptors (Lipinski definition) is 4. The van der Waals surface area contributed by atoms with E-state index < -0.39 is 6.29 Å². The molecule has 1 heterocycles. The molecule has 0 amide bonds. The lowest BCUT2D eigenvalue weighted by Crippen LogP contribution is -2.29. The third-order valence-corrected chi connectivity index (χ3v) is 3.87. The lowest BCUT2D eigenvalue weighted by molar-refractivity contribution is -0.167. The maximum Gasteiger partial charge on any atom is 0.218 e. The molecule has 1 aliphatic rings. The topological polar surface area (TPSA) is 53.4 Å². The molecular formula is C16H26N2O3. The number of rotatable bonds is 8. The van der Waals surface area contributed by atoms with E-state index >= 15 is 0 Å². The summed E-state index contributed by atoms with van der Waals surface area (Å²) in [6.07, 6.45) is 7.75. The van der Waals surface area contributed by atoms with Crippen molar-refractivity contribution >= 4 is 5.78 Å². The number of Topliss-reactive ketones (excluding diaryl/α,β-unsaturated/α-hetero) is 1. The minimum absolute atomic E-state index is 0.0624. The molecule has 1 aliphatic carbocycles. The summed E-state index contributed by atoms with van der Waals surface area (Å²) in [4.78, 5) is 12.2. The lowest BCUT2D eigenvalue weighted by atomic mass is 9.96. The van der Waals surface area contributed by atoms with E-state index in [9.17, 15) is 4.79 Å². The minimum atomic E-state index is -0.764. The summed E-state index contributed by atoms with van der Waals surface area (Å²) in [6.45, 7) is 4.65. The quantitative estimate of drug-likeness (QED) is 0.692. The Balaban J connectivity index is 1.92. The molecule has 118 valence electrons. The van der Waals surface area contributed by atoms with Gasteiger partial charge in [-0.25, -0.2) is 0 Å². The molecule has 0 aliphatic heterocycles. The Morgan fingerprint density at radius 3 is 2.57 bits per heavy atom. The van der Waals surface area contributed by atoms with Gasteiger partial charge in [-0.05, 0) is 32.8 Å². The molecule has 0 unspecified atom stereocenters. The number of nitrogens with zero attached hydrogens (tertiary/aromatic N) is 2. The van der Waals surface area contributed by atoms with Gasteiger partial charge in [0.2, 0.25) is 6.29 Å². The number of aromatic nitrogens is 2. The molecule has 0 aromatic carbocycles. The van der Waals surface area contributed by atoms with E-state index in [0.717, 1.165) is 5.69 Å². The van der Waals surface area contributed by atoms with E-state index in [1.165, 1.54) is 32.1 Å². The van der Waals surface area contributed by atoms with Crippen LogP contribution < -0.4 is 0 Å².